The minimum Gasteiger partial charge on any atom is -0.245 e. The largest absolute Gasteiger partial charge is 0.246 e. The first-order valence-electron chi connectivity index (χ1n) is 8.44. The van der Waals surface area contributed by atoms with Crippen molar-refractivity contribution in [3.8, 4) is 11.8 Å². The second-order valence-corrected chi connectivity index (χ2v) is 9.04. The van der Waals surface area contributed by atoms with E-state index in [1.807, 2.05) is 31.2 Å². The van der Waals surface area contributed by atoms with Crippen molar-refractivity contribution < 1.29 is 12.8 Å². The Morgan fingerprint density at radius 3 is 2.63 bits per heavy atom. The van der Waals surface area contributed by atoms with Crippen molar-refractivity contribution in [2.75, 3.05) is 13.1 Å². The third kappa shape index (κ3) is 4.83. The number of halogens is 2. The molecule has 0 N–H and O–H groups in total. The first kappa shape index (κ1) is 19.7. The highest BCUT2D eigenvalue weighted by Crippen LogP contribution is 2.26. The van der Waals surface area contributed by atoms with Gasteiger partial charge in [0.15, 0.2) is 0 Å². The molecule has 0 spiro atoms. The number of sulfonamides is 1. The molecule has 1 aromatic carbocycles. The number of allylic oxidation sites excluding steroid dienone is 1. The summed E-state index contributed by atoms with van der Waals surface area (Å²) in [4.78, 5) is 4.03. The Labute approximate surface area is 167 Å². The second kappa shape index (κ2) is 8.34. The summed E-state index contributed by atoms with van der Waals surface area (Å²) in [6, 6.07) is 9.65. The topological polar surface area (TPSA) is 50.3 Å². The molecule has 1 fully saturated rings. The molecule has 0 bridgehead atoms. The summed E-state index contributed by atoms with van der Waals surface area (Å²) in [5.41, 5.74) is 2.70. The highest BCUT2D eigenvalue weighted by Gasteiger charge is 2.29. The molecule has 140 valence electrons. The number of nitrogens with zero attached hydrogens (tertiary/aromatic N) is 2. The molecule has 0 atom stereocenters. The summed E-state index contributed by atoms with van der Waals surface area (Å²) in [7, 11) is -3.84. The minimum absolute atomic E-state index is 0.288. The average molecular weight is 449 g/mol. The smallest absolute Gasteiger partial charge is 0.245 e. The highest BCUT2D eigenvalue weighted by molar-refractivity contribution is 9.10. The van der Waals surface area contributed by atoms with Crippen molar-refractivity contribution in [2.24, 2.45) is 0 Å². The molecule has 0 amide bonds. The Bertz CT molecular complexity index is 1050. The average Bonchev–Trinajstić information content (AvgIpc) is 2.62. The van der Waals surface area contributed by atoms with Crippen LogP contribution < -0.4 is 0 Å². The summed E-state index contributed by atoms with van der Waals surface area (Å²) in [5, 5.41) is 0. The van der Waals surface area contributed by atoms with Crippen molar-refractivity contribution in [3.63, 3.8) is 0 Å². The van der Waals surface area contributed by atoms with Crippen LogP contribution in [0.5, 0.6) is 0 Å². The molecule has 7 heteroatoms. The third-order valence-electron chi connectivity index (χ3n) is 4.24. The first-order valence-corrected chi connectivity index (χ1v) is 10.7. The van der Waals surface area contributed by atoms with Gasteiger partial charge in [-0.1, -0.05) is 33.5 Å². The van der Waals surface area contributed by atoms with Gasteiger partial charge in [-0.25, -0.2) is 17.8 Å². The summed E-state index contributed by atoms with van der Waals surface area (Å²) in [6.45, 7) is 2.54. The van der Waals surface area contributed by atoms with Crippen LogP contribution in [0.15, 0.2) is 57.4 Å². The molecule has 27 heavy (non-hydrogen) atoms. The molecule has 0 radical (unpaired) electrons. The van der Waals surface area contributed by atoms with Crippen LogP contribution in [-0.2, 0) is 10.0 Å². The van der Waals surface area contributed by atoms with Crippen LogP contribution in [0.2, 0.25) is 0 Å². The lowest BCUT2D eigenvalue weighted by atomic mass is 10.1. The Morgan fingerprint density at radius 2 is 1.96 bits per heavy atom. The third-order valence-corrected chi connectivity index (χ3v) is 6.67. The van der Waals surface area contributed by atoms with Crippen LogP contribution in [-0.4, -0.2) is 30.8 Å². The van der Waals surface area contributed by atoms with Gasteiger partial charge in [-0.3, -0.25) is 0 Å². The van der Waals surface area contributed by atoms with E-state index in [-0.39, 0.29) is 4.90 Å². The number of pyridine rings is 1. The van der Waals surface area contributed by atoms with Gasteiger partial charge in [0, 0.05) is 23.3 Å². The Morgan fingerprint density at radius 1 is 1.22 bits per heavy atom. The SMILES string of the molecule is Cc1cccc(C#CC=C2CCN(S(=O)(=O)c3ccc(Br)cc3F)CC2)n1. The Balaban J connectivity index is 1.68. The van der Waals surface area contributed by atoms with Gasteiger partial charge in [0.05, 0.1) is 0 Å². The van der Waals surface area contributed by atoms with Gasteiger partial charge in [0.25, 0.3) is 0 Å². The molecular weight excluding hydrogens is 431 g/mol. The molecule has 2 heterocycles. The van der Waals surface area contributed by atoms with Crippen molar-refractivity contribution in [3.05, 3.63) is 69.7 Å². The van der Waals surface area contributed by atoms with Gasteiger partial charge in [-0.15, -0.1) is 0 Å². The van der Waals surface area contributed by atoms with Gasteiger partial charge < -0.3 is 0 Å². The van der Waals surface area contributed by atoms with Gasteiger partial charge in [0.2, 0.25) is 10.0 Å². The van der Waals surface area contributed by atoms with Crippen LogP contribution in [0.3, 0.4) is 0 Å². The van der Waals surface area contributed by atoms with E-state index in [0.717, 1.165) is 17.3 Å². The summed E-state index contributed by atoms with van der Waals surface area (Å²) >= 11 is 3.14. The van der Waals surface area contributed by atoms with E-state index >= 15 is 0 Å². The van der Waals surface area contributed by atoms with Crippen LogP contribution in [0.4, 0.5) is 4.39 Å². The number of piperidine rings is 1. The van der Waals surface area contributed by atoms with Gasteiger partial charge >= 0.3 is 0 Å². The maximum atomic E-state index is 14.1. The number of hydrogen-bond acceptors (Lipinski definition) is 3. The highest BCUT2D eigenvalue weighted by atomic mass is 79.9. The monoisotopic (exact) mass is 448 g/mol. The van der Waals surface area contributed by atoms with E-state index in [2.05, 4.69) is 32.8 Å². The number of hydrogen-bond donors (Lipinski definition) is 0. The molecule has 1 aliphatic rings. The normalized spacial score (nSPS) is 15.1. The molecule has 1 aromatic heterocycles. The van der Waals surface area contributed by atoms with E-state index in [4.69, 9.17) is 0 Å². The van der Waals surface area contributed by atoms with E-state index in [1.165, 1.54) is 16.4 Å². The zero-order chi connectivity index (χ0) is 19.4. The van der Waals surface area contributed by atoms with Crippen LogP contribution >= 0.6 is 15.9 Å². The standard InChI is InChI=1S/C20H18BrFN2O2S/c1-15-4-2-6-18(23-15)7-3-5-16-10-12-24(13-11-16)27(25,26)20-9-8-17(21)14-19(20)22/h2,4-6,8-9,14H,10-13H2,1H3. The van der Waals surface area contributed by atoms with Crippen molar-refractivity contribution in [1.82, 2.24) is 9.29 Å². The molecule has 0 saturated carbocycles. The molecule has 3 rings (SSSR count). The van der Waals surface area contributed by atoms with Gasteiger partial charge in [-0.2, -0.15) is 4.31 Å². The van der Waals surface area contributed by atoms with Gasteiger partial charge in [0.1, 0.15) is 16.4 Å². The van der Waals surface area contributed by atoms with Crippen LogP contribution in [0, 0.1) is 24.6 Å². The molecule has 1 saturated heterocycles. The molecule has 0 aliphatic carbocycles. The van der Waals surface area contributed by atoms with Crippen molar-refractivity contribution >= 4 is 26.0 Å². The minimum atomic E-state index is -3.84. The zero-order valence-corrected chi connectivity index (χ0v) is 17.1. The molecule has 4 nitrogen and oxygen atoms in total. The quantitative estimate of drug-likeness (QED) is 0.650. The van der Waals surface area contributed by atoms with Gasteiger partial charge in [-0.05, 0) is 62.1 Å². The van der Waals surface area contributed by atoms with Crippen LogP contribution in [0.25, 0.3) is 0 Å². The number of benzene rings is 1. The number of aryl methyl sites for hydroxylation is 1. The molecule has 2 aromatic rings. The van der Waals surface area contributed by atoms with Crippen molar-refractivity contribution in [2.45, 2.75) is 24.7 Å². The fourth-order valence-electron chi connectivity index (χ4n) is 2.81. The van der Waals surface area contributed by atoms with Crippen LogP contribution in [0.1, 0.15) is 24.2 Å². The lowest BCUT2D eigenvalue weighted by Crippen LogP contribution is -2.36. The summed E-state index contributed by atoms with van der Waals surface area (Å²) < 4.78 is 41.2. The molecular formula is C20H18BrFN2O2S. The van der Waals surface area contributed by atoms with E-state index < -0.39 is 15.8 Å². The zero-order valence-electron chi connectivity index (χ0n) is 14.7. The van der Waals surface area contributed by atoms with E-state index in [0.29, 0.717) is 36.1 Å². The predicted octanol–water partition coefficient (Wildman–Crippen LogP) is 4.05. The fourth-order valence-corrected chi connectivity index (χ4v) is 4.63. The maximum Gasteiger partial charge on any atom is 0.246 e. The predicted molar refractivity (Wildman–Crippen MR) is 106 cm³/mol. The fraction of sp³-hybridized carbons (Fsp3) is 0.250. The van der Waals surface area contributed by atoms with E-state index in [1.54, 1.807) is 0 Å². The number of aromatic nitrogens is 1. The first-order chi connectivity index (χ1) is 12.9. The number of rotatable bonds is 2. The lowest BCUT2D eigenvalue weighted by molar-refractivity contribution is 0.384. The molecule has 1 aliphatic heterocycles. The Kier molecular flexibility index (Phi) is 6.10. The lowest BCUT2D eigenvalue weighted by Gasteiger charge is -2.27. The maximum absolute atomic E-state index is 14.1. The summed E-state index contributed by atoms with van der Waals surface area (Å²) in [5.74, 6) is 5.23. The summed E-state index contributed by atoms with van der Waals surface area (Å²) in [6.07, 6.45) is 2.98. The van der Waals surface area contributed by atoms with E-state index in [9.17, 15) is 12.8 Å². The Hall–Kier alpha value is -2.01. The molecule has 0 unspecified atom stereocenters. The van der Waals surface area contributed by atoms with Crippen molar-refractivity contribution in [1.29, 1.82) is 0 Å². The second-order valence-electron chi connectivity index (χ2n) is 6.21.